The zero-order valence-corrected chi connectivity index (χ0v) is 51.8. The van der Waals surface area contributed by atoms with E-state index in [4.69, 9.17) is 9.47 Å². The van der Waals surface area contributed by atoms with E-state index in [0.29, 0.717) is 6.42 Å². The lowest BCUT2D eigenvalue weighted by Crippen LogP contribution is -2.60. The molecule has 0 aromatic carbocycles. The van der Waals surface area contributed by atoms with Crippen LogP contribution < -0.4 is 5.32 Å². The van der Waals surface area contributed by atoms with Crippen molar-refractivity contribution in [1.29, 1.82) is 0 Å². The number of unbranched alkanes of at least 4 members (excludes halogenated alkanes) is 45. The predicted octanol–water partition coefficient (Wildman–Crippen LogP) is 17.2. The van der Waals surface area contributed by atoms with Gasteiger partial charge in [-0.1, -0.05) is 320 Å². The molecule has 1 heterocycles. The molecular formula is C69H131NO9. The summed E-state index contributed by atoms with van der Waals surface area (Å²) >= 11 is 0. The molecule has 79 heavy (non-hydrogen) atoms. The average molecular weight is 1120 g/mol. The van der Waals surface area contributed by atoms with Crippen molar-refractivity contribution in [3.8, 4) is 0 Å². The fraction of sp³-hybridized carbons (Fsp3) is 0.899. The zero-order chi connectivity index (χ0) is 57.3. The highest BCUT2D eigenvalue weighted by Gasteiger charge is 2.44. The molecule has 0 bridgehead atoms. The molecule has 1 fully saturated rings. The first-order chi connectivity index (χ1) is 38.8. The maximum absolute atomic E-state index is 13.2. The van der Waals surface area contributed by atoms with Gasteiger partial charge >= 0.3 is 0 Å². The van der Waals surface area contributed by atoms with Gasteiger partial charge in [0, 0.05) is 0 Å². The second-order valence-corrected chi connectivity index (χ2v) is 24.1. The monoisotopic (exact) mass is 1120 g/mol. The molecule has 1 amide bonds. The number of allylic oxidation sites excluding steroid dienone is 5. The Morgan fingerprint density at radius 2 is 0.772 bits per heavy atom. The Morgan fingerprint density at radius 1 is 0.443 bits per heavy atom. The first-order valence-electron chi connectivity index (χ1n) is 34.3. The first-order valence-corrected chi connectivity index (χ1v) is 34.3. The number of aliphatic hydroxyl groups excluding tert-OH is 6. The molecule has 7 N–H and O–H groups in total. The van der Waals surface area contributed by atoms with Crippen LogP contribution in [0, 0.1) is 0 Å². The van der Waals surface area contributed by atoms with Gasteiger partial charge in [0.05, 0.1) is 25.4 Å². The molecule has 8 unspecified atom stereocenters. The summed E-state index contributed by atoms with van der Waals surface area (Å²) in [5.74, 6) is -0.612. The molecule has 466 valence electrons. The van der Waals surface area contributed by atoms with E-state index in [9.17, 15) is 35.4 Å². The van der Waals surface area contributed by atoms with E-state index in [-0.39, 0.29) is 6.61 Å². The van der Waals surface area contributed by atoms with Crippen LogP contribution in [0.3, 0.4) is 0 Å². The molecule has 10 heteroatoms. The first kappa shape index (κ1) is 75.4. The van der Waals surface area contributed by atoms with Gasteiger partial charge in [0.1, 0.15) is 30.5 Å². The number of nitrogens with one attached hydrogen (secondary N) is 1. The van der Waals surface area contributed by atoms with E-state index in [0.717, 1.165) is 51.4 Å². The van der Waals surface area contributed by atoms with Crippen LogP contribution in [-0.4, -0.2) is 98.7 Å². The van der Waals surface area contributed by atoms with Crippen molar-refractivity contribution in [2.24, 2.45) is 0 Å². The third kappa shape index (κ3) is 46.4. The third-order valence-corrected chi connectivity index (χ3v) is 16.6. The van der Waals surface area contributed by atoms with Crippen LogP contribution in [0.5, 0.6) is 0 Å². The van der Waals surface area contributed by atoms with E-state index in [1.165, 1.54) is 263 Å². The second kappa shape index (κ2) is 58.2. The predicted molar refractivity (Wildman–Crippen MR) is 333 cm³/mol. The topological polar surface area (TPSA) is 169 Å². The van der Waals surface area contributed by atoms with Crippen LogP contribution in [0.1, 0.15) is 335 Å². The highest BCUT2D eigenvalue weighted by Crippen LogP contribution is 2.23. The smallest absolute Gasteiger partial charge is 0.249 e. The summed E-state index contributed by atoms with van der Waals surface area (Å²) in [5.41, 5.74) is 0. The van der Waals surface area contributed by atoms with E-state index in [1.807, 2.05) is 6.08 Å². The Bertz CT molecular complexity index is 1360. The number of carbonyl (C=O) groups excluding carboxylic acids is 1. The minimum Gasteiger partial charge on any atom is -0.394 e. The summed E-state index contributed by atoms with van der Waals surface area (Å²) in [6.45, 7) is 3.66. The van der Waals surface area contributed by atoms with Crippen LogP contribution in [-0.2, 0) is 14.3 Å². The molecule has 0 aliphatic carbocycles. The fourth-order valence-electron chi connectivity index (χ4n) is 11.1. The maximum Gasteiger partial charge on any atom is 0.249 e. The summed E-state index contributed by atoms with van der Waals surface area (Å²) in [7, 11) is 0. The Morgan fingerprint density at radius 3 is 1.13 bits per heavy atom. The van der Waals surface area contributed by atoms with Gasteiger partial charge in [-0.3, -0.25) is 4.79 Å². The van der Waals surface area contributed by atoms with Crippen LogP contribution in [0.15, 0.2) is 36.5 Å². The number of carbonyl (C=O) groups is 1. The van der Waals surface area contributed by atoms with Crippen molar-refractivity contribution < 1.29 is 44.9 Å². The lowest BCUT2D eigenvalue weighted by atomic mass is 9.99. The Hall–Kier alpha value is -1.63. The van der Waals surface area contributed by atoms with Crippen molar-refractivity contribution in [3.05, 3.63) is 36.5 Å². The Kier molecular flexibility index (Phi) is 55.5. The molecule has 1 aliphatic heterocycles. The molecule has 0 aromatic rings. The van der Waals surface area contributed by atoms with Crippen LogP contribution in [0.2, 0.25) is 0 Å². The quantitative estimate of drug-likeness (QED) is 0.0232. The second-order valence-electron chi connectivity index (χ2n) is 24.1. The van der Waals surface area contributed by atoms with E-state index in [1.54, 1.807) is 6.08 Å². The summed E-state index contributed by atoms with van der Waals surface area (Å²) < 4.78 is 11.2. The van der Waals surface area contributed by atoms with Gasteiger partial charge in [-0.15, -0.1) is 0 Å². The minimum atomic E-state index is -1.61. The lowest BCUT2D eigenvalue weighted by molar-refractivity contribution is -0.302. The van der Waals surface area contributed by atoms with Crippen molar-refractivity contribution in [2.45, 2.75) is 384 Å². The molecule has 0 aromatic heterocycles. The number of amides is 1. The highest BCUT2D eigenvalue weighted by molar-refractivity contribution is 5.80. The molecule has 1 saturated heterocycles. The number of hydrogen-bond acceptors (Lipinski definition) is 9. The summed E-state index contributed by atoms with van der Waals surface area (Å²) in [6, 6.07) is -0.980. The number of ether oxygens (including phenoxy) is 2. The normalized spacial score (nSPS) is 19.1. The minimum absolute atomic E-state index is 0.303. The van der Waals surface area contributed by atoms with Gasteiger partial charge in [0.15, 0.2) is 6.29 Å². The number of rotatable bonds is 60. The summed E-state index contributed by atoms with van der Waals surface area (Å²) in [4.78, 5) is 13.2. The van der Waals surface area contributed by atoms with Gasteiger partial charge in [-0.25, -0.2) is 0 Å². The Labute approximate surface area is 487 Å². The summed E-state index contributed by atoms with van der Waals surface area (Å²) in [5, 5.41) is 65.2. The van der Waals surface area contributed by atoms with Gasteiger partial charge in [-0.2, -0.15) is 0 Å². The fourth-order valence-corrected chi connectivity index (χ4v) is 11.1. The van der Waals surface area contributed by atoms with E-state index < -0.39 is 61.5 Å². The largest absolute Gasteiger partial charge is 0.394 e. The molecule has 0 spiro atoms. The van der Waals surface area contributed by atoms with Crippen molar-refractivity contribution >= 4 is 5.91 Å². The third-order valence-electron chi connectivity index (χ3n) is 16.6. The maximum atomic E-state index is 13.2. The molecule has 1 rings (SSSR count). The number of aliphatic hydroxyl groups is 6. The zero-order valence-electron chi connectivity index (χ0n) is 51.8. The van der Waals surface area contributed by atoms with Gasteiger partial charge in [0.2, 0.25) is 5.91 Å². The number of hydrogen-bond donors (Lipinski definition) is 7. The van der Waals surface area contributed by atoms with Crippen molar-refractivity contribution in [1.82, 2.24) is 5.32 Å². The molecule has 10 nitrogen and oxygen atoms in total. The van der Waals surface area contributed by atoms with E-state index >= 15 is 0 Å². The molecule has 1 aliphatic rings. The molecular weight excluding hydrogens is 987 g/mol. The highest BCUT2D eigenvalue weighted by atomic mass is 16.7. The van der Waals surface area contributed by atoms with Crippen molar-refractivity contribution in [3.63, 3.8) is 0 Å². The molecule has 0 radical (unpaired) electrons. The molecule has 8 atom stereocenters. The van der Waals surface area contributed by atoms with Crippen LogP contribution in [0.25, 0.3) is 0 Å². The van der Waals surface area contributed by atoms with Gasteiger partial charge < -0.3 is 45.4 Å². The van der Waals surface area contributed by atoms with Crippen LogP contribution >= 0.6 is 0 Å². The van der Waals surface area contributed by atoms with Crippen molar-refractivity contribution in [2.75, 3.05) is 13.2 Å². The average Bonchev–Trinajstić information content (AvgIpc) is 3.45. The van der Waals surface area contributed by atoms with Crippen LogP contribution in [0.4, 0.5) is 0 Å². The lowest BCUT2D eigenvalue weighted by Gasteiger charge is -2.40. The van der Waals surface area contributed by atoms with Gasteiger partial charge in [0.25, 0.3) is 0 Å². The summed E-state index contributed by atoms with van der Waals surface area (Å²) in [6.07, 6.45) is 67.2. The van der Waals surface area contributed by atoms with E-state index in [2.05, 4.69) is 43.5 Å². The Balaban J connectivity index is 2.10. The standard InChI is InChI=1S/C69H131NO9/c1-3-5-7-9-11-13-15-17-19-21-22-23-24-25-26-27-28-29-30-31-32-33-34-35-36-37-38-39-40-41-42-44-46-48-50-52-54-56-58-63(73)68(77)70-61(60-78-69-67(76)66(75)65(74)64(59-71)79-69)62(72)57-55-53-51-49-47-45-43-20-18-16-14-12-10-8-6-4-2/h28-29,31-32,55,57,61-67,69,71-76H,3-27,30,33-54,56,58-60H2,1-2H3,(H,70,77)/b29-28-,32-31-,57-55+. The molecule has 0 saturated carbocycles. The SMILES string of the molecule is CCCCCCCCCCCCCCCC/C=C/C(O)C(COC1OC(CO)C(O)C(O)C1O)NC(=O)C(O)CCCCCCCCCCCCCCCCCC/C=C\C/C=C\CCCCCCCCCCCCCCCCC. The van der Waals surface area contributed by atoms with Gasteiger partial charge in [-0.05, 0) is 51.4 Å².